The number of pyridine rings is 1. The van der Waals surface area contributed by atoms with Gasteiger partial charge in [0.1, 0.15) is 11.6 Å². The summed E-state index contributed by atoms with van der Waals surface area (Å²) in [7, 11) is 0. The summed E-state index contributed by atoms with van der Waals surface area (Å²) < 4.78 is 15.0. The van der Waals surface area contributed by atoms with Crippen molar-refractivity contribution in [1.82, 2.24) is 4.98 Å². The zero-order valence-corrected chi connectivity index (χ0v) is 16.2. The molecule has 136 valence electrons. The predicted molar refractivity (Wildman–Crippen MR) is 102 cm³/mol. The van der Waals surface area contributed by atoms with E-state index in [1.54, 1.807) is 36.2 Å². The van der Waals surface area contributed by atoms with Gasteiger partial charge < -0.3 is 4.90 Å². The van der Waals surface area contributed by atoms with Crippen LogP contribution < -0.4 is 9.80 Å². The number of anilines is 2. The first-order valence-corrected chi connectivity index (χ1v) is 9.19. The lowest BCUT2D eigenvalue weighted by atomic mass is 10.1. The second-order valence-electron chi connectivity index (χ2n) is 6.28. The second kappa shape index (κ2) is 7.53. The third kappa shape index (κ3) is 3.62. The van der Waals surface area contributed by atoms with Crippen LogP contribution in [0.25, 0.3) is 0 Å². The third-order valence-electron chi connectivity index (χ3n) is 4.44. The molecule has 1 saturated heterocycles. The topological polar surface area (TPSA) is 53.5 Å². The summed E-state index contributed by atoms with van der Waals surface area (Å²) in [5.74, 6) is -0.855. The molecule has 26 heavy (non-hydrogen) atoms. The van der Waals surface area contributed by atoms with Crippen molar-refractivity contribution in [3.63, 3.8) is 0 Å². The normalized spacial score (nSPS) is 16.8. The molecule has 0 saturated carbocycles. The summed E-state index contributed by atoms with van der Waals surface area (Å²) >= 11 is 3.32. The number of nitrogens with zero attached hydrogens (tertiary/aromatic N) is 3. The number of rotatable bonds is 4. The van der Waals surface area contributed by atoms with Gasteiger partial charge in [-0.15, -0.1) is 0 Å². The molecule has 1 aromatic heterocycles. The van der Waals surface area contributed by atoms with Gasteiger partial charge in [-0.1, -0.05) is 6.07 Å². The van der Waals surface area contributed by atoms with Crippen molar-refractivity contribution < 1.29 is 14.0 Å². The Morgan fingerprint density at radius 2 is 2.15 bits per heavy atom. The highest BCUT2D eigenvalue weighted by molar-refractivity contribution is 9.10. The molecule has 0 N–H and O–H groups in total. The Balaban J connectivity index is 1.80. The number of hydrogen-bond acceptors (Lipinski definition) is 3. The molecule has 0 aliphatic carbocycles. The van der Waals surface area contributed by atoms with Crippen molar-refractivity contribution in [2.45, 2.75) is 20.3 Å². The smallest absolute Gasteiger partial charge is 0.233 e. The molecule has 3 rings (SSSR count). The number of carbonyl (C=O) groups excluding carboxylic acids is 2. The van der Waals surface area contributed by atoms with Crippen LogP contribution in [0.3, 0.4) is 0 Å². The fourth-order valence-corrected chi connectivity index (χ4v) is 3.35. The highest BCUT2D eigenvalue weighted by atomic mass is 79.9. The van der Waals surface area contributed by atoms with Gasteiger partial charge in [0.2, 0.25) is 11.8 Å². The molecule has 0 radical (unpaired) electrons. The average Bonchev–Trinajstić information content (AvgIpc) is 2.99. The number of aryl methyl sites for hydroxylation is 1. The van der Waals surface area contributed by atoms with Crippen LogP contribution in [0, 0.1) is 18.7 Å². The molecule has 1 aliphatic heterocycles. The zero-order chi connectivity index (χ0) is 18.8. The lowest BCUT2D eigenvalue weighted by Gasteiger charge is -2.23. The fraction of sp³-hybridized carbons (Fsp3) is 0.316. The number of amides is 2. The van der Waals surface area contributed by atoms with Gasteiger partial charge in [0.05, 0.1) is 11.6 Å². The van der Waals surface area contributed by atoms with E-state index in [0.717, 1.165) is 10.0 Å². The van der Waals surface area contributed by atoms with Crippen LogP contribution in [0.1, 0.15) is 18.9 Å². The van der Waals surface area contributed by atoms with Crippen LogP contribution >= 0.6 is 15.9 Å². The highest BCUT2D eigenvalue weighted by Gasteiger charge is 2.38. The molecule has 5 nitrogen and oxygen atoms in total. The maximum absolute atomic E-state index is 14.2. The Kier molecular flexibility index (Phi) is 5.36. The molecule has 1 fully saturated rings. The molecule has 0 bridgehead atoms. The minimum Gasteiger partial charge on any atom is -0.309 e. The molecule has 0 spiro atoms. The summed E-state index contributed by atoms with van der Waals surface area (Å²) in [6.45, 7) is 4.26. The molecular formula is C19H19BrFN3O2. The van der Waals surface area contributed by atoms with Crippen LogP contribution in [0.2, 0.25) is 0 Å². The maximum atomic E-state index is 14.2. The van der Waals surface area contributed by atoms with Crippen molar-refractivity contribution in [2.24, 2.45) is 5.92 Å². The van der Waals surface area contributed by atoms with E-state index in [1.807, 2.05) is 13.0 Å². The summed E-state index contributed by atoms with van der Waals surface area (Å²) in [6.07, 6.45) is 1.69. The molecule has 1 aromatic carbocycles. The number of hydrogen-bond donors (Lipinski definition) is 0. The van der Waals surface area contributed by atoms with Gasteiger partial charge in [-0.05, 0) is 59.6 Å². The summed E-state index contributed by atoms with van der Waals surface area (Å²) in [5.41, 5.74) is 1.00. The quantitative estimate of drug-likeness (QED) is 0.758. The lowest BCUT2D eigenvalue weighted by molar-refractivity contribution is -0.124. The first-order valence-electron chi connectivity index (χ1n) is 8.40. The van der Waals surface area contributed by atoms with Gasteiger partial charge in [-0.3, -0.25) is 14.5 Å². The van der Waals surface area contributed by atoms with Crippen LogP contribution in [-0.2, 0) is 9.59 Å². The predicted octanol–water partition coefficient (Wildman–Crippen LogP) is 3.70. The molecule has 2 amide bonds. The van der Waals surface area contributed by atoms with Gasteiger partial charge in [-0.25, -0.2) is 9.37 Å². The van der Waals surface area contributed by atoms with E-state index < -0.39 is 11.7 Å². The minimum absolute atomic E-state index is 0.0686. The van der Waals surface area contributed by atoms with Crippen molar-refractivity contribution in [3.05, 3.63) is 52.4 Å². The van der Waals surface area contributed by atoms with E-state index in [4.69, 9.17) is 0 Å². The van der Waals surface area contributed by atoms with E-state index in [-0.39, 0.29) is 30.5 Å². The zero-order valence-electron chi connectivity index (χ0n) is 14.6. The Labute approximate surface area is 159 Å². The highest BCUT2D eigenvalue weighted by Crippen LogP contribution is 2.29. The summed E-state index contributed by atoms with van der Waals surface area (Å²) in [5, 5.41) is 0. The first kappa shape index (κ1) is 18.5. The van der Waals surface area contributed by atoms with E-state index in [1.165, 1.54) is 11.0 Å². The fourth-order valence-electron chi connectivity index (χ4n) is 3.12. The molecule has 1 atom stereocenters. The van der Waals surface area contributed by atoms with Crippen molar-refractivity contribution in [1.29, 1.82) is 0 Å². The Bertz CT molecular complexity index is 841. The van der Waals surface area contributed by atoms with Crippen molar-refractivity contribution >= 4 is 39.2 Å². The van der Waals surface area contributed by atoms with Gasteiger partial charge in [0.25, 0.3) is 0 Å². The van der Waals surface area contributed by atoms with E-state index >= 15 is 0 Å². The van der Waals surface area contributed by atoms with E-state index in [0.29, 0.717) is 12.4 Å². The monoisotopic (exact) mass is 419 g/mol. The molecule has 7 heteroatoms. The van der Waals surface area contributed by atoms with Gasteiger partial charge in [-0.2, -0.15) is 0 Å². The average molecular weight is 420 g/mol. The Morgan fingerprint density at radius 1 is 1.38 bits per heavy atom. The molecule has 1 aliphatic rings. The van der Waals surface area contributed by atoms with Gasteiger partial charge in [0, 0.05) is 30.2 Å². The van der Waals surface area contributed by atoms with Gasteiger partial charge >= 0.3 is 0 Å². The molecule has 2 heterocycles. The van der Waals surface area contributed by atoms with Crippen molar-refractivity contribution in [2.75, 3.05) is 22.9 Å². The first-order chi connectivity index (χ1) is 12.4. The Hall–Kier alpha value is -2.28. The minimum atomic E-state index is -0.520. The number of benzene rings is 1. The van der Waals surface area contributed by atoms with E-state index in [2.05, 4.69) is 20.9 Å². The Morgan fingerprint density at radius 3 is 2.77 bits per heavy atom. The number of aromatic nitrogens is 1. The molecular weight excluding hydrogens is 401 g/mol. The maximum Gasteiger partial charge on any atom is 0.233 e. The summed E-state index contributed by atoms with van der Waals surface area (Å²) in [4.78, 5) is 32.5. The van der Waals surface area contributed by atoms with Crippen molar-refractivity contribution in [3.8, 4) is 0 Å². The van der Waals surface area contributed by atoms with Crippen LogP contribution in [0.15, 0.2) is 41.0 Å². The van der Waals surface area contributed by atoms with Crippen LogP contribution in [0.4, 0.5) is 15.9 Å². The standard InChI is InChI=1S/C19H19BrFN3O2/c1-3-23(17-7-5-14(20)10-22-17)19(26)13-9-18(25)24(11-13)16-6-4-12(2)8-15(16)21/h4-8,10,13H,3,9,11H2,1-2H3. The third-order valence-corrected chi connectivity index (χ3v) is 4.91. The van der Waals surface area contributed by atoms with Crippen LogP contribution in [-0.4, -0.2) is 29.9 Å². The van der Waals surface area contributed by atoms with Gasteiger partial charge in [0.15, 0.2) is 0 Å². The number of halogens is 2. The SMILES string of the molecule is CCN(C(=O)C1CC(=O)N(c2ccc(C)cc2F)C1)c1ccc(Br)cn1. The molecule has 1 unspecified atom stereocenters. The largest absolute Gasteiger partial charge is 0.309 e. The lowest BCUT2D eigenvalue weighted by Crippen LogP contribution is -2.38. The van der Waals surface area contributed by atoms with Crippen LogP contribution in [0.5, 0.6) is 0 Å². The number of carbonyl (C=O) groups is 2. The summed E-state index contributed by atoms with van der Waals surface area (Å²) in [6, 6.07) is 8.29. The molecule has 2 aromatic rings. The second-order valence-corrected chi connectivity index (χ2v) is 7.19. The van der Waals surface area contributed by atoms with E-state index in [9.17, 15) is 14.0 Å².